The molecule has 0 saturated heterocycles. The Morgan fingerprint density at radius 2 is 1.89 bits per heavy atom. The van der Waals surface area contributed by atoms with E-state index in [-0.39, 0.29) is 5.15 Å². The van der Waals surface area contributed by atoms with Crippen molar-refractivity contribution in [2.45, 2.75) is 6.42 Å². The first-order chi connectivity index (χ1) is 9.27. The Morgan fingerprint density at radius 3 is 2.68 bits per heavy atom. The highest BCUT2D eigenvalue weighted by molar-refractivity contribution is 6.42. The summed E-state index contributed by atoms with van der Waals surface area (Å²) in [6.45, 7) is 0.646. The fourth-order valence-electron chi connectivity index (χ4n) is 1.40. The summed E-state index contributed by atoms with van der Waals surface area (Å²) in [6.07, 6.45) is 2.05. The molecule has 2 aromatic rings. The number of halogens is 2. The third-order valence-electron chi connectivity index (χ3n) is 2.30. The van der Waals surface area contributed by atoms with E-state index < -0.39 is 0 Å². The summed E-state index contributed by atoms with van der Waals surface area (Å²) in [4.78, 5) is 7.79. The molecule has 1 heterocycles. The van der Waals surface area contributed by atoms with Crippen molar-refractivity contribution in [1.29, 1.82) is 0 Å². The minimum atomic E-state index is 0.245. The van der Waals surface area contributed by atoms with Gasteiger partial charge in [0.2, 0.25) is 0 Å². The van der Waals surface area contributed by atoms with Crippen molar-refractivity contribution in [1.82, 2.24) is 9.97 Å². The van der Waals surface area contributed by atoms with Gasteiger partial charge in [0.15, 0.2) is 5.15 Å². The Morgan fingerprint density at radius 1 is 1.11 bits per heavy atom. The lowest BCUT2D eigenvalue weighted by Gasteiger charge is -2.04. The van der Waals surface area contributed by atoms with Crippen LogP contribution in [0.5, 0.6) is 0 Å². The van der Waals surface area contributed by atoms with E-state index in [9.17, 15) is 0 Å². The molecular formula is C14H11Cl2N3. The summed E-state index contributed by atoms with van der Waals surface area (Å²) in [6, 6.07) is 9.84. The Labute approximate surface area is 122 Å². The molecule has 0 saturated carbocycles. The van der Waals surface area contributed by atoms with Gasteiger partial charge in [-0.2, -0.15) is 0 Å². The van der Waals surface area contributed by atoms with Gasteiger partial charge in [-0.25, -0.2) is 9.97 Å². The molecule has 0 atom stereocenters. The van der Waals surface area contributed by atoms with E-state index >= 15 is 0 Å². The highest BCUT2D eigenvalue weighted by atomic mass is 35.5. The van der Waals surface area contributed by atoms with E-state index in [0.29, 0.717) is 23.8 Å². The van der Waals surface area contributed by atoms with E-state index in [0.717, 1.165) is 5.56 Å². The Balaban J connectivity index is 1.85. The lowest BCUT2D eigenvalue weighted by atomic mass is 10.2. The lowest BCUT2D eigenvalue weighted by Crippen LogP contribution is -2.03. The van der Waals surface area contributed by atoms with E-state index in [1.54, 1.807) is 0 Å². The van der Waals surface area contributed by atoms with Gasteiger partial charge < -0.3 is 5.32 Å². The summed E-state index contributed by atoms with van der Waals surface area (Å²) in [5.74, 6) is 6.68. The standard InChI is InChI=1S/C14H11Cl2N3/c15-12-13(16)18-10-19-14(12)17-9-5-4-8-11-6-2-1-3-7-11/h1-3,6-7,10H,5,9H2,(H,17,18,19). The Bertz CT molecular complexity index is 603. The van der Waals surface area contributed by atoms with E-state index in [2.05, 4.69) is 27.1 Å². The minimum Gasteiger partial charge on any atom is -0.368 e. The van der Waals surface area contributed by atoms with Gasteiger partial charge in [-0.3, -0.25) is 0 Å². The summed E-state index contributed by atoms with van der Waals surface area (Å²) in [5, 5.41) is 3.65. The van der Waals surface area contributed by atoms with Crippen molar-refractivity contribution < 1.29 is 0 Å². The maximum atomic E-state index is 5.95. The molecule has 2 rings (SSSR count). The molecule has 1 N–H and O–H groups in total. The number of rotatable bonds is 3. The number of hydrogen-bond donors (Lipinski definition) is 1. The van der Waals surface area contributed by atoms with Crippen LogP contribution in [0.15, 0.2) is 36.7 Å². The molecule has 0 bridgehead atoms. The van der Waals surface area contributed by atoms with Crippen molar-refractivity contribution in [3.63, 3.8) is 0 Å². The molecule has 0 radical (unpaired) electrons. The van der Waals surface area contributed by atoms with Crippen LogP contribution in [0.25, 0.3) is 0 Å². The van der Waals surface area contributed by atoms with Crippen molar-refractivity contribution >= 4 is 29.0 Å². The zero-order valence-corrected chi connectivity index (χ0v) is 11.5. The molecular weight excluding hydrogens is 281 g/mol. The van der Waals surface area contributed by atoms with Crippen LogP contribution in [0, 0.1) is 11.8 Å². The molecule has 5 heteroatoms. The topological polar surface area (TPSA) is 37.8 Å². The number of hydrogen-bond acceptors (Lipinski definition) is 3. The molecule has 0 fully saturated rings. The zero-order valence-electron chi connectivity index (χ0n) is 10.0. The van der Waals surface area contributed by atoms with Crippen LogP contribution < -0.4 is 5.32 Å². The largest absolute Gasteiger partial charge is 0.368 e. The average Bonchev–Trinajstić information content (AvgIpc) is 2.44. The Kier molecular flexibility index (Phi) is 5.02. The maximum absolute atomic E-state index is 5.95. The predicted octanol–water partition coefficient (Wildman–Crippen LogP) is 3.64. The summed E-state index contributed by atoms with van der Waals surface area (Å²) < 4.78 is 0. The van der Waals surface area contributed by atoms with Crippen molar-refractivity contribution in [3.8, 4) is 11.8 Å². The van der Waals surface area contributed by atoms with Gasteiger partial charge in [-0.15, -0.1) is 0 Å². The molecule has 0 spiro atoms. The monoisotopic (exact) mass is 291 g/mol. The smallest absolute Gasteiger partial charge is 0.153 e. The molecule has 19 heavy (non-hydrogen) atoms. The second-order valence-electron chi connectivity index (χ2n) is 3.67. The predicted molar refractivity (Wildman–Crippen MR) is 78.5 cm³/mol. The van der Waals surface area contributed by atoms with Gasteiger partial charge in [0.25, 0.3) is 0 Å². The Hall–Kier alpha value is -1.76. The number of nitrogens with one attached hydrogen (secondary N) is 1. The van der Waals surface area contributed by atoms with E-state index in [1.807, 2.05) is 30.3 Å². The highest BCUT2D eigenvalue weighted by Gasteiger charge is 2.05. The molecule has 0 amide bonds. The highest BCUT2D eigenvalue weighted by Crippen LogP contribution is 2.24. The van der Waals surface area contributed by atoms with Crippen LogP contribution in [0.4, 0.5) is 5.82 Å². The van der Waals surface area contributed by atoms with Crippen LogP contribution in [-0.4, -0.2) is 16.5 Å². The lowest BCUT2D eigenvalue weighted by molar-refractivity contribution is 1.05. The summed E-state index contributed by atoms with van der Waals surface area (Å²) in [7, 11) is 0. The molecule has 1 aromatic carbocycles. The number of benzene rings is 1. The van der Waals surface area contributed by atoms with Gasteiger partial charge in [-0.1, -0.05) is 53.2 Å². The third kappa shape index (κ3) is 4.13. The molecule has 0 unspecified atom stereocenters. The fourth-order valence-corrected chi connectivity index (χ4v) is 1.70. The molecule has 0 aliphatic carbocycles. The first kappa shape index (κ1) is 13.7. The number of anilines is 1. The van der Waals surface area contributed by atoms with Crippen LogP contribution >= 0.6 is 23.2 Å². The summed E-state index contributed by atoms with van der Waals surface area (Å²) >= 11 is 11.7. The van der Waals surface area contributed by atoms with Gasteiger partial charge in [0.1, 0.15) is 17.2 Å². The van der Waals surface area contributed by atoms with Crippen molar-refractivity contribution in [2.24, 2.45) is 0 Å². The van der Waals surface area contributed by atoms with Crippen LogP contribution in [0.3, 0.4) is 0 Å². The van der Waals surface area contributed by atoms with Crippen LogP contribution in [0.2, 0.25) is 10.2 Å². The summed E-state index contributed by atoms with van der Waals surface area (Å²) in [5.41, 5.74) is 1.01. The number of nitrogens with zero attached hydrogens (tertiary/aromatic N) is 2. The zero-order chi connectivity index (χ0) is 13.5. The molecule has 0 aliphatic rings. The van der Waals surface area contributed by atoms with Gasteiger partial charge >= 0.3 is 0 Å². The van der Waals surface area contributed by atoms with Gasteiger partial charge in [0, 0.05) is 18.5 Å². The van der Waals surface area contributed by atoms with Crippen LogP contribution in [0.1, 0.15) is 12.0 Å². The first-order valence-electron chi connectivity index (χ1n) is 5.71. The third-order valence-corrected chi connectivity index (χ3v) is 3.04. The SMILES string of the molecule is Clc1ncnc(NCCC#Cc2ccccc2)c1Cl. The molecule has 96 valence electrons. The first-order valence-corrected chi connectivity index (χ1v) is 6.47. The second-order valence-corrected chi connectivity index (χ2v) is 4.41. The van der Waals surface area contributed by atoms with Crippen molar-refractivity contribution in [3.05, 3.63) is 52.4 Å². The second kappa shape index (κ2) is 6.98. The van der Waals surface area contributed by atoms with E-state index in [4.69, 9.17) is 23.2 Å². The molecule has 3 nitrogen and oxygen atoms in total. The van der Waals surface area contributed by atoms with Gasteiger partial charge in [0.05, 0.1) is 0 Å². The van der Waals surface area contributed by atoms with Gasteiger partial charge in [-0.05, 0) is 12.1 Å². The van der Waals surface area contributed by atoms with E-state index in [1.165, 1.54) is 6.33 Å². The number of aromatic nitrogens is 2. The quantitative estimate of drug-likeness (QED) is 0.533. The molecule has 0 aliphatic heterocycles. The molecule has 1 aromatic heterocycles. The van der Waals surface area contributed by atoms with Crippen LogP contribution in [-0.2, 0) is 0 Å². The normalized spacial score (nSPS) is 9.58. The maximum Gasteiger partial charge on any atom is 0.153 e. The average molecular weight is 292 g/mol. The minimum absolute atomic E-state index is 0.245. The fraction of sp³-hybridized carbons (Fsp3) is 0.143. The van der Waals surface area contributed by atoms with Crippen molar-refractivity contribution in [2.75, 3.05) is 11.9 Å².